The van der Waals surface area contributed by atoms with E-state index in [-0.39, 0.29) is 11.3 Å². The molecule has 3 heterocycles. The van der Waals surface area contributed by atoms with Crippen LogP contribution in [-0.2, 0) is 11.3 Å². The fourth-order valence-electron chi connectivity index (χ4n) is 3.99. The Morgan fingerprint density at radius 2 is 1.75 bits per heavy atom. The van der Waals surface area contributed by atoms with E-state index < -0.39 is 0 Å². The minimum atomic E-state index is -0.334. The van der Waals surface area contributed by atoms with Crippen LogP contribution in [0, 0.1) is 0 Å². The van der Waals surface area contributed by atoms with Gasteiger partial charge in [-0.25, -0.2) is 0 Å². The summed E-state index contributed by atoms with van der Waals surface area (Å²) in [7, 11) is 0. The monoisotopic (exact) mass is 470 g/mol. The highest BCUT2D eigenvalue weighted by atomic mass is 35.5. The van der Waals surface area contributed by atoms with Gasteiger partial charge in [0, 0.05) is 47.0 Å². The number of aromatic nitrogens is 3. The van der Waals surface area contributed by atoms with E-state index in [0.717, 1.165) is 29.9 Å². The van der Waals surface area contributed by atoms with Gasteiger partial charge in [-0.05, 0) is 35.9 Å². The van der Waals surface area contributed by atoms with E-state index in [1.165, 1.54) is 10.6 Å². The van der Waals surface area contributed by atoms with Crippen molar-refractivity contribution in [2.45, 2.75) is 6.54 Å². The van der Waals surface area contributed by atoms with Crippen LogP contribution >= 0.6 is 23.2 Å². The minimum Gasteiger partial charge on any atom is -0.507 e. The summed E-state index contributed by atoms with van der Waals surface area (Å²) in [6, 6.07) is 12.1. The van der Waals surface area contributed by atoms with E-state index in [0.29, 0.717) is 46.6 Å². The summed E-state index contributed by atoms with van der Waals surface area (Å²) >= 11 is 12.0. The number of aromatic amines is 1. The Bertz CT molecular complexity index is 1340. The summed E-state index contributed by atoms with van der Waals surface area (Å²) < 4.78 is 6.82. The van der Waals surface area contributed by atoms with Crippen molar-refractivity contribution >= 4 is 28.8 Å². The van der Waals surface area contributed by atoms with Gasteiger partial charge in [-0.1, -0.05) is 35.3 Å². The summed E-state index contributed by atoms with van der Waals surface area (Å²) in [5.74, 6) is -0.0685. The summed E-state index contributed by atoms with van der Waals surface area (Å²) in [5.41, 5.74) is 3.46. The van der Waals surface area contributed by atoms with Gasteiger partial charge in [0.1, 0.15) is 11.4 Å². The molecule has 1 aliphatic heterocycles. The zero-order chi connectivity index (χ0) is 22.2. The van der Waals surface area contributed by atoms with Crippen LogP contribution < -0.4 is 5.56 Å². The van der Waals surface area contributed by atoms with Gasteiger partial charge in [0.05, 0.1) is 24.5 Å². The maximum Gasteiger partial charge on any atom is 0.282 e. The van der Waals surface area contributed by atoms with Crippen molar-refractivity contribution in [1.82, 2.24) is 19.5 Å². The standard InChI is InChI=1S/C23H20Cl2N4O3/c24-15-3-1-14(2-4-15)21-19(13-28-7-9-32-10-8-28)27-29-22(21)26-12-18(23(29)31)17-6-5-16(25)11-20(17)30/h1-6,11-12,26,30H,7-10,13H2. The number of benzene rings is 2. The van der Waals surface area contributed by atoms with E-state index in [1.807, 2.05) is 24.3 Å². The number of rotatable bonds is 4. The SMILES string of the molecule is O=c1c(-c2ccc(Cl)cc2O)c[nH]c2c(-c3ccc(Cl)cc3)c(CN3CCOCC3)nn12. The molecular weight excluding hydrogens is 451 g/mol. The van der Waals surface area contributed by atoms with Crippen LogP contribution in [0.25, 0.3) is 27.9 Å². The van der Waals surface area contributed by atoms with Crippen molar-refractivity contribution in [2.75, 3.05) is 26.3 Å². The number of hydrogen-bond acceptors (Lipinski definition) is 5. The number of ether oxygens (including phenoxy) is 1. The molecule has 2 aromatic carbocycles. The molecule has 1 aliphatic rings. The molecule has 7 nitrogen and oxygen atoms in total. The van der Waals surface area contributed by atoms with Gasteiger partial charge < -0.3 is 14.8 Å². The number of morpholine rings is 1. The van der Waals surface area contributed by atoms with E-state index >= 15 is 0 Å². The van der Waals surface area contributed by atoms with Crippen molar-refractivity contribution in [3.8, 4) is 28.0 Å². The number of nitrogens with zero attached hydrogens (tertiary/aromatic N) is 3. The molecule has 0 atom stereocenters. The number of halogens is 2. The van der Waals surface area contributed by atoms with Gasteiger partial charge in [-0.15, -0.1) is 0 Å². The molecule has 32 heavy (non-hydrogen) atoms. The average molecular weight is 471 g/mol. The molecular formula is C23H20Cl2N4O3. The summed E-state index contributed by atoms with van der Waals surface area (Å²) in [6.45, 7) is 3.51. The molecule has 9 heteroatoms. The molecule has 1 fully saturated rings. The van der Waals surface area contributed by atoms with Crippen LogP contribution in [0.3, 0.4) is 0 Å². The molecule has 0 amide bonds. The molecule has 0 spiro atoms. The Balaban J connectivity index is 1.68. The Hall–Kier alpha value is -2.84. The zero-order valence-corrected chi connectivity index (χ0v) is 18.5. The van der Waals surface area contributed by atoms with Crippen LogP contribution in [0.2, 0.25) is 10.0 Å². The Kier molecular flexibility index (Phi) is 5.65. The first-order valence-corrected chi connectivity index (χ1v) is 10.9. The molecule has 5 rings (SSSR count). The molecule has 0 unspecified atom stereocenters. The largest absolute Gasteiger partial charge is 0.507 e. The van der Waals surface area contributed by atoms with Gasteiger partial charge >= 0.3 is 0 Å². The van der Waals surface area contributed by atoms with E-state index in [9.17, 15) is 9.90 Å². The van der Waals surface area contributed by atoms with Crippen molar-refractivity contribution in [1.29, 1.82) is 0 Å². The third-order valence-electron chi connectivity index (χ3n) is 5.59. The molecule has 4 aromatic rings. The highest BCUT2D eigenvalue weighted by Crippen LogP contribution is 2.32. The summed E-state index contributed by atoms with van der Waals surface area (Å²) in [6.07, 6.45) is 1.60. The number of phenolic OH excluding ortho intramolecular Hbond substituents is 1. The number of nitrogens with one attached hydrogen (secondary N) is 1. The number of phenols is 1. The fraction of sp³-hybridized carbons (Fsp3) is 0.217. The van der Waals surface area contributed by atoms with Crippen LogP contribution in [0.1, 0.15) is 5.69 Å². The van der Waals surface area contributed by atoms with Gasteiger partial charge in [0.15, 0.2) is 0 Å². The van der Waals surface area contributed by atoms with E-state index in [2.05, 4.69) is 15.0 Å². The predicted molar refractivity (Wildman–Crippen MR) is 124 cm³/mol. The van der Waals surface area contributed by atoms with Crippen molar-refractivity contribution < 1.29 is 9.84 Å². The first-order valence-electron chi connectivity index (χ1n) is 10.2. The van der Waals surface area contributed by atoms with Crippen LogP contribution in [0.15, 0.2) is 53.5 Å². The maximum absolute atomic E-state index is 13.4. The first kappa shape index (κ1) is 21.0. The highest BCUT2D eigenvalue weighted by Gasteiger charge is 2.22. The Morgan fingerprint density at radius 3 is 2.47 bits per heavy atom. The number of H-pyrrole nitrogens is 1. The van der Waals surface area contributed by atoms with Crippen LogP contribution in [-0.4, -0.2) is 50.9 Å². The second-order valence-corrected chi connectivity index (χ2v) is 8.52. The molecule has 0 saturated carbocycles. The van der Waals surface area contributed by atoms with Gasteiger partial charge in [0.25, 0.3) is 5.56 Å². The lowest BCUT2D eigenvalue weighted by Crippen LogP contribution is -2.35. The van der Waals surface area contributed by atoms with E-state index in [4.69, 9.17) is 27.9 Å². The third kappa shape index (κ3) is 3.89. The maximum atomic E-state index is 13.4. The second kappa shape index (κ2) is 8.60. The van der Waals surface area contributed by atoms with Gasteiger partial charge in [-0.3, -0.25) is 9.69 Å². The fourth-order valence-corrected chi connectivity index (χ4v) is 4.28. The first-order chi connectivity index (χ1) is 15.5. The van der Waals surface area contributed by atoms with Crippen molar-refractivity contribution in [2.24, 2.45) is 0 Å². The van der Waals surface area contributed by atoms with Crippen LogP contribution in [0.4, 0.5) is 0 Å². The average Bonchev–Trinajstić information content (AvgIpc) is 3.15. The lowest BCUT2D eigenvalue weighted by molar-refractivity contribution is 0.0337. The number of hydrogen-bond donors (Lipinski definition) is 2. The smallest absolute Gasteiger partial charge is 0.282 e. The predicted octanol–water partition coefficient (Wildman–Crippen LogP) is 4.20. The number of fused-ring (bicyclic) bond motifs is 1. The van der Waals surface area contributed by atoms with Crippen molar-refractivity contribution in [3.05, 3.63) is 74.8 Å². The molecule has 0 aliphatic carbocycles. The summed E-state index contributed by atoms with van der Waals surface area (Å²) in [5, 5.41) is 16.0. The number of aromatic hydroxyl groups is 1. The molecule has 0 bridgehead atoms. The normalized spacial score (nSPS) is 14.8. The van der Waals surface area contributed by atoms with Gasteiger partial charge in [-0.2, -0.15) is 9.61 Å². The molecule has 164 valence electrons. The molecule has 0 radical (unpaired) electrons. The quantitative estimate of drug-likeness (QED) is 0.466. The van der Waals surface area contributed by atoms with Gasteiger partial charge in [0.2, 0.25) is 0 Å². The van der Waals surface area contributed by atoms with E-state index in [1.54, 1.807) is 18.3 Å². The molecule has 2 aromatic heterocycles. The third-order valence-corrected chi connectivity index (χ3v) is 6.08. The lowest BCUT2D eigenvalue weighted by Gasteiger charge is -2.26. The second-order valence-electron chi connectivity index (χ2n) is 7.65. The van der Waals surface area contributed by atoms with Crippen LogP contribution in [0.5, 0.6) is 5.75 Å². The lowest BCUT2D eigenvalue weighted by atomic mass is 10.0. The molecule has 1 saturated heterocycles. The Labute approximate surface area is 193 Å². The zero-order valence-electron chi connectivity index (χ0n) is 17.0. The minimum absolute atomic E-state index is 0.0685. The molecule has 2 N–H and O–H groups in total. The summed E-state index contributed by atoms with van der Waals surface area (Å²) in [4.78, 5) is 18.9. The highest BCUT2D eigenvalue weighted by molar-refractivity contribution is 6.31. The topological polar surface area (TPSA) is 82.9 Å². The Morgan fingerprint density at radius 1 is 1.03 bits per heavy atom. The van der Waals surface area contributed by atoms with Crippen molar-refractivity contribution in [3.63, 3.8) is 0 Å².